The summed E-state index contributed by atoms with van der Waals surface area (Å²) in [5.41, 5.74) is 1.17. The van der Waals surface area contributed by atoms with E-state index in [2.05, 4.69) is 10.2 Å². The second-order valence-electron chi connectivity index (χ2n) is 5.95. The normalized spacial score (nSPS) is 14.9. The third-order valence-electron chi connectivity index (χ3n) is 4.16. The molecule has 1 amide bonds. The van der Waals surface area contributed by atoms with Gasteiger partial charge in [0.25, 0.3) is 0 Å². The van der Waals surface area contributed by atoms with Gasteiger partial charge in [-0.2, -0.15) is 0 Å². The van der Waals surface area contributed by atoms with Gasteiger partial charge in [0.2, 0.25) is 11.8 Å². The van der Waals surface area contributed by atoms with Crippen LogP contribution in [-0.2, 0) is 11.2 Å². The highest BCUT2D eigenvalue weighted by Gasteiger charge is 2.23. The number of piperazine rings is 1. The molecule has 1 aromatic carbocycles. The Morgan fingerprint density at radius 3 is 2.71 bits per heavy atom. The van der Waals surface area contributed by atoms with Crippen molar-refractivity contribution in [3.05, 3.63) is 40.7 Å². The SMILES string of the molecule is Cc1nnc(N2CCN(C(=O)CCCc3cccc(Cl)c3)CC2)o1. The highest BCUT2D eigenvalue weighted by molar-refractivity contribution is 6.30. The molecule has 1 aromatic heterocycles. The lowest BCUT2D eigenvalue weighted by Gasteiger charge is -2.33. The molecule has 0 unspecified atom stereocenters. The van der Waals surface area contributed by atoms with Crippen molar-refractivity contribution in [2.75, 3.05) is 31.1 Å². The zero-order chi connectivity index (χ0) is 16.9. The van der Waals surface area contributed by atoms with Crippen LogP contribution in [0.2, 0.25) is 5.02 Å². The van der Waals surface area contributed by atoms with Gasteiger partial charge in [-0.05, 0) is 30.5 Å². The zero-order valence-corrected chi connectivity index (χ0v) is 14.5. The Hall–Kier alpha value is -2.08. The molecule has 1 aliphatic heterocycles. The summed E-state index contributed by atoms with van der Waals surface area (Å²) in [4.78, 5) is 16.3. The highest BCUT2D eigenvalue weighted by Crippen LogP contribution is 2.16. The lowest BCUT2D eigenvalue weighted by atomic mass is 10.1. The number of amides is 1. The van der Waals surface area contributed by atoms with Crippen LogP contribution in [-0.4, -0.2) is 47.2 Å². The van der Waals surface area contributed by atoms with Crippen LogP contribution in [0, 0.1) is 6.92 Å². The molecule has 24 heavy (non-hydrogen) atoms. The second kappa shape index (κ2) is 7.66. The summed E-state index contributed by atoms with van der Waals surface area (Å²) in [6.07, 6.45) is 2.27. The summed E-state index contributed by atoms with van der Waals surface area (Å²) in [7, 11) is 0. The Morgan fingerprint density at radius 1 is 1.25 bits per heavy atom. The van der Waals surface area contributed by atoms with Crippen LogP contribution in [0.3, 0.4) is 0 Å². The lowest BCUT2D eigenvalue weighted by molar-refractivity contribution is -0.131. The molecule has 0 radical (unpaired) electrons. The molecule has 1 saturated heterocycles. The molecule has 7 heteroatoms. The Morgan fingerprint density at radius 2 is 2.04 bits per heavy atom. The number of carbonyl (C=O) groups excluding carboxylic acids is 1. The quantitative estimate of drug-likeness (QED) is 0.831. The summed E-state index contributed by atoms with van der Waals surface area (Å²) < 4.78 is 5.43. The Labute approximate surface area is 146 Å². The predicted molar refractivity (Wildman–Crippen MR) is 92.2 cm³/mol. The molecule has 0 spiro atoms. The average Bonchev–Trinajstić information content (AvgIpc) is 3.01. The van der Waals surface area contributed by atoms with E-state index in [4.69, 9.17) is 16.0 Å². The van der Waals surface area contributed by atoms with Crippen LogP contribution in [0.4, 0.5) is 6.01 Å². The van der Waals surface area contributed by atoms with Crippen molar-refractivity contribution in [1.82, 2.24) is 15.1 Å². The molecule has 1 fully saturated rings. The van der Waals surface area contributed by atoms with Gasteiger partial charge in [-0.3, -0.25) is 4.79 Å². The van der Waals surface area contributed by atoms with Gasteiger partial charge in [-0.1, -0.05) is 28.8 Å². The molecule has 3 rings (SSSR count). The molecular weight excluding hydrogens is 328 g/mol. The van der Waals surface area contributed by atoms with Crippen LogP contribution >= 0.6 is 11.6 Å². The van der Waals surface area contributed by atoms with Gasteiger partial charge >= 0.3 is 6.01 Å². The van der Waals surface area contributed by atoms with Crippen molar-refractivity contribution in [2.24, 2.45) is 0 Å². The molecule has 2 aromatic rings. The van der Waals surface area contributed by atoms with Gasteiger partial charge < -0.3 is 14.2 Å². The number of hydrogen-bond donors (Lipinski definition) is 0. The summed E-state index contributed by atoms with van der Waals surface area (Å²) in [6, 6.07) is 8.34. The molecule has 0 bridgehead atoms. The topological polar surface area (TPSA) is 62.5 Å². The molecule has 0 N–H and O–H groups in total. The van der Waals surface area contributed by atoms with Crippen LogP contribution in [0.15, 0.2) is 28.7 Å². The first-order valence-corrected chi connectivity index (χ1v) is 8.57. The summed E-state index contributed by atoms with van der Waals surface area (Å²) >= 11 is 5.98. The number of rotatable bonds is 5. The van der Waals surface area contributed by atoms with Gasteiger partial charge in [-0.15, -0.1) is 5.10 Å². The monoisotopic (exact) mass is 348 g/mol. The smallest absolute Gasteiger partial charge is 0.318 e. The van der Waals surface area contributed by atoms with Crippen LogP contribution in [0.5, 0.6) is 0 Å². The first-order valence-electron chi connectivity index (χ1n) is 8.19. The van der Waals surface area contributed by atoms with Crippen molar-refractivity contribution >= 4 is 23.5 Å². The van der Waals surface area contributed by atoms with Gasteiger partial charge in [0, 0.05) is 44.5 Å². The Bertz CT molecular complexity index is 695. The van der Waals surface area contributed by atoms with E-state index in [0.717, 1.165) is 31.0 Å². The maximum absolute atomic E-state index is 12.3. The molecular formula is C17H21ClN4O2. The van der Waals surface area contributed by atoms with Crippen molar-refractivity contribution in [1.29, 1.82) is 0 Å². The number of nitrogens with zero attached hydrogens (tertiary/aromatic N) is 4. The minimum Gasteiger partial charge on any atom is -0.408 e. The van der Waals surface area contributed by atoms with E-state index in [1.807, 2.05) is 34.1 Å². The van der Waals surface area contributed by atoms with Gasteiger partial charge in [0.1, 0.15) is 0 Å². The molecule has 0 aliphatic carbocycles. The van der Waals surface area contributed by atoms with Crippen molar-refractivity contribution < 1.29 is 9.21 Å². The number of carbonyl (C=O) groups is 1. The maximum Gasteiger partial charge on any atom is 0.318 e. The summed E-state index contributed by atoms with van der Waals surface area (Å²) in [6.45, 7) is 4.61. The third kappa shape index (κ3) is 4.26. The van der Waals surface area contributed by atoms with E-state index in [1.54, 1.807) is 6.92 Å². The van der Waals surface area contributed by atoms with Crippen LogP contribution in [0.1, 0.15) is 24.3 Å². The van der Waals surface area contributed by atoms with Crippen molar-refractivity contribution in [3.8, 4) is 0 Å². The second-order valence-corrected chi connectivity index (χ2v) is 6.39. The minimum absolute atomic E-state index is 0.207. The fraction of sp³-hybridized carbons (Fsp3) is 0.471. The van der Waals surface area contributed by atoms with E-state index in [0.29, 0.717) is 31.4 Å². The van der Waals surface area contributed by atoms with E-state index >= 15 is 0 Å². The Balaban J connectivity index is 1.42. The Kier molecular flexibility index (Phi) is 5.35. The fourth-order valence-corrected chi connectivity index (χ4v) is 3.07. The zero-order valence-electron chi connectivity index (χ0n) is 13.7. The van der Waals surface area contributed by atoms with E-state index in [1.165, 1.54) is 5.56 Å². The largest absolute Gasteiger partial charge is 0.408 e. The number of aromatic nitrogens is 2. The van der Waals surface area contributed by atoms with Gasteiger partial charge in [0.15, 0.2) is 0 Å². The van der Waals surface area contributed by atoms with Crippen LogP contribution < -0.4 is 4.90 Å². The van der Waals surface area contributed by atoms with Crippen LogP contribution in [0.25, 0.3) is 0 Å². The number of benzene rings is 1. The predicted octanol–water partition coefficient (Wildman–Crippen LogP) is 2.70. The number of aryl methyl sites for hydroxylation is 2. The molecule has 0 atom stereocenters. The lowest BCUT2D eigenvalue weighted by Crippen LogP contribution is -2.48. The molecule has 0 saturated carbocycles. The molecule has 1 aliphatic rings. The average molecular weight is 349 g/mol. The van der Waals surface area contributed by atoms with E-state index in [9.17, 15) is 4.79 Å². The first kappa shape index (κ1) is 16.8. The van der Waals surface area contributed by atoms with Gasteiger partial charge in [-0.25, -0.2) is 0 Å². The van der Waals surface area contributed by atoms with E-state index < -0.39 is 0 Å². The van der Waals surface area contributed by atoms with Crippen molar-refractivity contribution in [2.45, 2.75) is 26.2 Å². The summed E-state index contributed by atoms with van der Waals surface area (Å²) in [5, 5.41) is 8.61. The maximum atomic E-state index is 12.3. The fourth-order valence-electron chi connectivity index (χ4n) is 2.86. The minimum atomic E-state index is 0.207. The standard InChI is InChI=1S/C17H21ClN4O2/c1-13-19-20-17(24-13)22-10-8-21(9-11-22)16(23)7-3-5-14-4-2-6-15(18)12-14/h2,4,6,12H,3,5,7-11H2,1H3. The highest BCUT2D eigenvalue weighted by atomic mass is 35.5. The first-order chi connectivity index (χ1) is 11.6. The molecule has 128 valence electrons. The molecule has 2 heterocycles. The van der Waals surface area contributed by atoms with Gasteiger partial charge in [0.05, 0.1) is 0 Å². The third-order valence-corrected chi connectivity index (χ3v) is 4.40. The van der Waals surface area contributed by atoms with Crippen molar-refractivity contribution in [3.63, 3.8) is 0 Å². The van der Waals surface area contributed by atoms with E-state index in [-0.39, 0.29) is 5.91 Å². The number of hydrogen-bond acceptors (Lipinski definition) is 5. The number of anilines is 1. The number of halogens is 1. The molecule has 6 nitrogen and oxygen atoms in total. The summed E-state index contributed by atoms with van der Waals surface area (Å²) in [5.74, 6) is 0.767.